The van der Waals surface area contributed by atoms with E-state index >= 15 is 0 Å². The van der Waals surface area contributed by atoms with Crippen molar-refractivity contribution in [2.75, 3.05) is 0 Å². The van der Waals surface area contributed by atoms with Gasteiger partial charge in [0.25, 0.3) is 0 Å². The largest absolute Gasteiger partial charge is 0.487 e. The Hall–Kier alpha value is -1.55. The Morgan fingerprint density at radius 3 is 2.71 bits per heavy atom. The van der Waals surface area contributed by atoms with Crippen LogP contribution in [0.1, 0.15) is 29.2 Å². The van der Waals surface area contributed by atoms with Crippen LogP contribution in [-0.2, 0) is 13.0 Å². The molecule has 2 atom stereocenters. The van der Waals surface area contributed by atoms with Gasteiger partial charge in [0.05, 0.1) is 11.1 Å². The van der Waals surface area contributed by atoms with Gasteiger partial charge in [-0.2, -0.15) is 0 Å². The van der Waals surface area contributed by atoms with Crippen LogP contribution in [0.4, 0.5) is 0 Å². The van der Waals surface area contributed by atoms with Crippen LogP contribution in [0, 0.1) is 0 Å². The van der Waals surface area contributed by atoms with Gasteiger partial charge < -0.3 is 15.6 Å². The van der Waals surface area contributed by atoms with Crippen LogP contribution >= 0.6 is 11.6 Å². The van der Waals surface area contributed by atoms with Crippen molar-refractivity contribution >= 4 is 11.6 Å². The Bertz CT molecular complexity index is 630. The molecule has 0 saturated heterocycles. The molecule has 0 saturated carbocycles. The van der Waals surface area contributed by atoms with Crippen molar-refractivity contribution in [2.24, 2.45) is 5.73 Å². The van der Waals surface area contributed by atoms with Crippen molar-refractivity contribution in [3.05, 3.63) is 64.2 Å². The lowest BCUT2D eigenvalue weighted by Gasteiger charge is -2.28. The molecule has 3 nitrogen and oxygen atoms in total. The van der Waals surface area contributed by atoms with Gasteiger partial charge in [-0.05, 0) is 35.6 Å². The zero-order valence-corrected chi connectivity index (χ0v) is 12.4. The molecule has 3 N–H and O–H groups in total. The highest BCUT2D eigenvalue weighted by Crippen LogP contribution is 2.38. The van der Waals surface area contributed by atoms with Crippen LogP contribution < -0.4 is 10.5 Å². The first-order chi connectivity index (χ1) is 10.2. The van der Waals surface area contributed by atoms with E-state index in [1.54, 1.807) is 0 Å². The standard InChI is InChI=1S/C17H18ClNO2/c18-16-12-6-8-14(19)17(20)13(12)7-9-15(16)21-10-11-4-2-1-3-5-11/h1-5,7,9,14,17,20H,6,8,10,19H2. The average molecular weight is 304 g/mol. The molecule has 0 aliphatic heterocycles. The number of ether oxygens (including phenoxy) is 1. The summed E-state index contributed by atoms with van der Waals surface area (Å²) < 4.78 is 5.81. The van der Waals surface area contributed by atoms with Gasteiger partial charge in [0, 0.05) is 6.04 Å². The quantitative estimate of drug-likeness (QED) is 0.915. The van der Waals surface area contributed by atoms with E-state index in [2.05, 4.69) is 0 Å². The maximum Gasteiger partial charge on any atom is 0.138 e. The Labute approximate surface area is 129 Å². The topological polar surface area (TPSA) is 55.5 Å². The minimum Gasteiger partial charge on any atom is -0.487 e. The molecule has 2 aromatic carbocycles. The Kier molecular flexibility index (Phi) is 4.15. The molecule has 2 aromatic rings. The number of aliphatic hydroxyl groups excluding tert-OH is 1. The number of rotatable bonds is 3. The number of halogens is 1. The maximum atomic E-state index is 10.1. The fourth-order valence-corrected chi connectivity index (χ4v) is 3.01. The summed E-state index contributed by atoms with van der Waals surface area (Å²) in [5.41, 5.74) is 8.76. The number of fused-ring (bicyclic) bond motifs is 1. The minimum atomic E-state index is -0.644. The summed E-state index contributed by atoms with van der Waals surface area (Å²) in [7, 11) is 0. The molecule has 0 heterocycles. The zero-order valence-electron chi connectivity index (χ0n) is 11.6. The Morgan fingerprint density at radius 1 is 1.19 bits per heavy atom. The molecule has 0 aromatic heterocycles. The molecular weight excluding hydrogens is 286 g/mol. The third-order valence-electron chi connectivity index (χ3n) is 3.93. The van der Waals surface area contributed by atoms with E-state index in [-0.39, 0.29) is 6.04 Å². The summed E-state index contributed by atoms with van der Waals surface area (Å²) >= 11 is 6.43. The van der Waals surface area contributed by atoms with E-state index in [1.807, 2.05) is 42.5 Å². The van der Waals surface area contributed by atoms with E-state index in [0.717, 1.165) is 29.5 Å². The first-order valence-corrected chi connectivity index (χ1v) is 7.46. The smallest absolute Gasteiger partial charge is 0.138 e. The predicted molar refractivity (Wildman–Crippen MR) is 83.5 cm³/mol. The Morgan fingerprint density at radius 2 is 1.95 bits per heavy atom. The van der Waals surface area contributed by atoms with Gasteiger partial charge in [-0.15, -0.1) is 0 Å². The molecule has 4 heteroatoms. The van der Waals surface area contributed by atoms with Crippen molar-refractivity contribution in [2.45, 2.75) is 31.6 Å². The second-order valence-corrected chi connectivity index (χ2v) is 5.75. The predicted octanol–water partition coefficient (Wildman–Crippen LogP) is 3.23. The minimum absolute atomic E-state index is 0.218. The van der Waals surface area contributed by atoms with Crippen LogP contribution in [0.25, 0.3) is 0 Å². The normalized spacial score (nSPS) is 20.9. The molecule has 1 aliphatic rings. The van der Waals surface area contributed by atoms with Crippen LogP contribution in [-0.4, -0.2) is 11.1 Å². The summed E-state index contributed by atoms with van der Waals surface area (Å²) in [5, 5.41) is 10.7. The molecule has 0 radical (unpaired) electrons. The first kappa shape index (κ1) is 14.4. The molecule has 0 amide bonds. The van der Waals surface area contributed by atoms with Crippen LogP contribution in [0.2, 0.25) is 5.02 Å². The molecular formula is C17H18ClNO2. The number of hydrogen-bond donors (Lipinski definition) is 2. The fraction of sp³-hybridized carbons (Fsp3) is 0.294. The summed E-state index contributed by atoms with van der Waals surface area (Å²) in [6.07, 6.45) is 0.861. The van der Waals surface area contributed by atoms with E-state index < -0.39 is 6.10 Å². The fourth-order valence-electron chi connectivity index (χ4n) is 2.69. The summed E-state index contributed by atoms with van der Waals surface area (Å²) in [6, 6.07) is 13.4. The molecule has 0 bridgehead atoms. The van der Waals surface area contributed by atoms with Gasteiger partial charge in [0.2, 0.25) is 0 Å². The second kappa shape index (κ2) is 6.06. The molecule has 1 aliphatic carbocycles. The van der Waals surface area contributed by atoms with Gasteiger partial charge in [-0.25, -0.2) is 0 Å². The summed E-state index contributed by atoms with van der Waals surface area (Å²) in [5.74, 6) is 0.655. The van der Waals surface area contributed by atoms with Crippen molar-refractivity contribution < 1.29 is 9.84 Å². The van der Waals surface area contributed by atoms with Gasteiger partial charge in [0.15, 0.2) is 0 Å². The van der Waals surface area contributed by atoms with Crippen LogP contribution in [0.15, 0.2) is 42.5 Å². The van der Waals surface area contributed by atoms with Crippen molar-refractivity contribution in [1.82, 2.24) is 0 Å². The lowest BCUT2D eigenvalue weighted by atomic mass is 9.86. The van der Waals surface area contributed by atoms with Crippen molar-refractivity contribution in [3.63, 3.8) is 0 Å². The third-order valence-corrected chi connectivity index (χ3v) is 4.35. The lowest BCUT2D eigenvalue weighted by molar-refractivity contribution is 0.133. The van der Waals surface area contributed by atoms with E-state index in [1.165, 1.54) is 0 Å². The average Bonchev–Trinajstić information content (AvgIpc) is 2.51. The maximum absolute atomic E-state index is 10.1. The highest BCUT2D eigenvalue weighted by atomic mass is 35.5. The zero-order chi connectivity index (χ0) is 14.8. The van der Waals surface area contributed by atoms with Gasteiger partial charge in [0.1, 0.15) is 12.4 Å². The highest BCUT2D eigenvalue weighted by Gasteiger charge is 2.27. The van der Waals surface area contributed by atoms with Gasteiger partial charge >= 0.3 is 0 Å². The Balaban J connectivity index is 1.82. The monoisotopic (exact) mass is 303 g/mol. The van der Waals surface area contributed by atoms with Crippen LogP contribution in [0.5, 0.6) is 5.75 Å². The lowest BCUT2D eigenvalue weighted by Crippen LogP contribution is -2.33. The highest BCUT2D eigenvalue weighted by molar-refractivity contribution is 6.33. The molecule has 2 unspecified atom stereocenters. The molecule has 110 valence electrons. The molecule has 0 spiro atoms. The van der Waals surface area contributed by atoms with Crippen LogP contribution in [0.3, 0.4) is 0 Å². The SMILES string of the molecule is NC1CCc2c(ccc(OCc3ccccc3)c2Cl)C1O. The molecule has 3 rings (SSSR count). The first-order valence-electron chi connectivity index (χ1n) is 7.08. The van der Waals surface area contributed by atoms with E-state index in [9.17, 15) is 5.11 Å². The molecule has 0 fully saturated rings. The van der Waals surface area contributed by atoms with Gasteiger partial charge in [-0.3, -0.25) is 0 Å². The molecule has 21 heavy (non-hydrogen) atoms. The van der Waals surface area contributed by atoms with E-state index in [4.69, 9.17) is 22.1 Å². The number of aliphatic hydroxyl groups is 1. The number of nitrogens with two attached hydrogens (primary N) is 1. The van der Waals surface area contributed by atoms with Gasteiger partial charge in [-0.1, -0.05) is 48.0 Å². The number of benzene rings is 2. The summed E-state index contributed by atoms with van der Waals surface area (Å²) in [4.78, 5) is 0. The third kappa shape index (κ3) is 2.91. The summed E-state index contributed by atoms with van der Waals surface area (Å²) in [6.45, 7) is 0.474. The van der Waals surface area contributed by atoms with Crippen molar-refractivity contribution in [3.8, 4) is 5.75 Å². The second-order valence-electron chi connectivity index (χ2n) is 5.37. The van der Waals surface area contributed by atoms with Crippen molar-refractivity contribution in [1.29, 1.82) is 0 Å². The van der Waals surface area contributed by atoms with E-state index in [0.29, 0.717) is 17.4 Å². The number of hydrogen-bond acceptors (Lipinski definition) is 3.